The number of amides is 1. The smallest absolute Gasteiger partial charge is 0.421 e. The summed E-state index contributed by atoms with van der Waals surface area (Å²) in [6.07, 6.45) is -12.8. The average Bonchev–Trinajstić information content (AvgIpc) is 2.33. The van der Waals surface area contributed by atoms with Crippen molar-refractivity contribution in [1.29, 1.82) is 0 Å². The van der Waals surface area contributed by atoms with Crippen molar-refractivity contribution >= 4 is 38.6 Å². The van der Waals surface area contributed by atoms with Gasteiger partial charge < -0.3 is 9.87 Å². The van der Waals surface area contributed by atoms with E-state index in [-0.39, 0.29) is 3.57 Å². The van der Waals surface area contributed by atoms with Crippen molar-refractivity contribution < 1.29 is 48.5 Å². The van der Waals surface area contributed by atoms with Gasteiger partial charge in [-0.05, 0) is 34.7 Å². The Morgan fingerprint density at radius 3 is 1.96 bits per heavy atom. The van der Waals surface area contributed by atoms with Crippen LogP contribution in [0.4, 0.5) is 30.7 Å². The molecule has 0 radical (unpaired) electrons. The van der Waals surface area contributed by atoms with E-state index in [4.69, 9.17) is 0 Å². The molecule has 0 spiro atoms. The van der Waals surface area contributed by atoms with E-state index in [9.17, 15) is 48.5 Å². The Bertz CT molecular complexity index is 741. The molecule has 25 heavy (non-hydrogen) atoms. The summed E-state index contributed by atoms with van der Waals surface area (Å²) in [4.78, 5) is 11.8. The summed E-state index contributed by atoms with van der Waals surface area (Å²) in [6, 6.07) is 2.66. The second-order valence-corrected chi connectivity index (χ2v) is 7.22. The highest BCUT2D eigenvalue weighted by Gasteiger charge is 2.72. The molecule has 0 fully saturated rings. The lowest BCUT2D eigenvalue weighted by Crippen LogP contribution is -2.70. The molecule has 142 valence electrons. The Morgan fingerprint density at radius 1 is 1.12 bits per heavy atom. The van der Waals surface area contributed by atoms with Gasteiger partial charge in [-0.25, -0.2) is 12.8 Å². The molecule has 0 saturated heterocycles. The second-order valence-electron chi connectivity index (χ2n) is 4.65. The lowest BCUT2D eigenvalue weighted by atomic mass is 9.99. The van der Waals surface area contributed by atoms with Crippen molar-refractivity contribution in [2.24, 2.45) is 0 Å². The number of benzene rings is 1. The summed E-state index contributed by atoms with van der Waals surface area (Å²) in [5.41, 5.74) is -6.56. The SMILES string of the molecule is O=C(NC(CS(=O)(=O)[O-])(C(F)(F)F)C(F)(F)F)c1c(F)cccc1I. The molecule has 0 aromatic heterocycles. The van der Waals surface area contributed by atoms with Gasteiger partial charge in [0.1, 0.15) is 5.82 Å². The van der Waals surface area contributed by atoms with Crippen molar-refractivity contribution in [2.45, 2.75) is 17.9 Å². The molecule has 5 nitrogen and oxygen atoms in total. The van der Waals surface area contributed by atoms with Gasteiger partial charge >= 0.3 is 12.4 Å². The zero-order valence-corrected chi connectivity index (χ0v) is 14.5. The van der Waals surface area contributed by atoms with Crippen molar-refractivity contribution in [1.82, 2.24) is 5.32 Å². The third-order valence-corrected chi connectivity index (χ3v) is 4.56. The van der Waals surface area contributed by atoms with Crippen LogP contribution < -0.4 is 5.32 Å². The van der Waals surface area contributed by atoms with Gasteiger partial charge in [0.2, 0.25) is 5.54 Å². The molecule has 0 atom stereocenters. The maximum atomic E-state index is 13.6. The predicted octanol–water partition coefficient (Wildman–Crippen LogP) is 2.57. The molecule has 0 bridgehead atoms. The quantitative estimate of drug-likeness (QED) is 0.385. The number of carbonyl (C=O) groups excluding carboxylic acids is 1. The van der Waals surface area contributed by atoms with E-state index >= 15 is 0 Å². The zero-order valence-electron chi connectivity index (χ0n) is 11.5. The molecule has 1 aromatic carbocycles. The van der Waals surface area contributed by atoms with E-state index in [1.165, 1.54) is 22.6 Å². The highest BCUT2D eigenvalue weighted by Crippen LogP contribution is 2.44. The van der Waals surface area contributed by atoms with Crippen molar-refractivity contribution in [2.75, 3.05) is 5.75 Å². The summed E-state index contributed by atoms with van der Waals surface area (Å²) in [6.45, 7) is 0. The lowest BCUT2D eigenvalue weighted by Gasteiger charge is -2.38. The van der Waals surface area contributed by atoms with E-state index in [1.807, 2.05) is 0 Å². The number of rotatable bonds is 4. The Hall–Kier alpha value is -1.16. The third kappa shape index (κ3) is 4.72. The molecular weight excluding hydrogens is 502 g/mol. The van der Waals surface area contributed by atoms with Crippen LogP contribution in [0.15, 0.2) is 18.2 Å². The maximum absolute atomic E-state index is 13.6. The fraction of sp³-hybridized carbons (Fsp3) is 0.364. The number of carbonyl (C=O) groups is 1. The molecule has 1 rings (SSSR count). The minimum Gasteiger partial charge on any atom is -0.748 e. The molecule has 0 saturated carbocycles. The minimum atomic E-state index is -6.41. The first-order valence-electron chi connectivity index (χ1n) is 5.85. The summed E-state index contributed by atoms with van der Waals surface area (Å²) in [5, 5.41) is 0.452. The van der Waals surface area contributed by atoms with E-state index in [0.29, 0.717) is 11.4 Å². The first-order chi connectivity index (χ1) is 11.0. The van der Waals surface area contributed by atoms with Gasteiger partial charge in [0.15, 0.2) is 0 Å². The van der Waals surface area contributed by atoms with Crippen LogP contribution >= 0.6 is 22.6 Å². The van der Waals surface area contributed by atoms with Crippen LogP contribution in [0.5, 0.6) is 0 Å². The molecule has 14 heteroatoms. The van der Waals surface area contributed by atoms with Crippen LogP contribution in [0.2, 0.25) is 0 Å². The average molecular weight is 508 g/mol. The molecule has 0 heterocycles. The monoisotopic (exact) mass is 508 g/mol. The van der Waals surface area contributed by atoms with Crippen LogP contribution in [0.25, 0.3) is 0 Å². The Morgan fingerprint density at radius 2 is 1.60 bits per heavy atom. The van der Waals surface area contributed by atoms with Gasteiger partial charge in [-0.2, -0.15) is 26.3 Å². The van der Waals surface area contributed by atoms with Crippen molar-refractivity contribution in [3.63, 3.8) is 0 Å². The number of hydrogen-bond donors (Lipinski definition) is 1. The molecule has 1 aromatic rings. The fourth-order valence-electron chi connectivity index (χ4n) is 1.74. The van der Waals surface area contributed by atoms with Crippen LogP contribution in [0.3, 0.4) is 0 Å². The molecule has 0 unspecified atom stereocenters. The van der Waals surface area contributed by atoms with Crippen molar-refractivity contribution in [3.05, 3.63) is 33.1 Å². The van der Waals surface area contributed by atoms with Gasteiger partial charge in [0.25, 0.3) is 5.91 Å². The first-order valence-corrected chi connectivity index (χ1v) is 8.51. The molecule has 0 aliphatic carbocycles. The number of alkyl halides is 6. The summed E-state index contributed by atoms with van der Waals surface area (Å²) in [5.74, 6) is -6.66. The van der Waals surface area contributed by atoms with E-state index < -0.39 is 51.1 Å². The normalized spacial score (nSPS) is 13.6. The van der Waals surface area contributed by atoms with Crippen LogP contribution in [0.1, 0.15) is 10.4 Å². The van der Waals surface area contributed by atoms with Crippen LogP contribution in [0, 0.1) is 9.39 Å². The molecule has 1 N–H and O–H groups in total. The van der Waals surface area contributed by atoms with E-state index in [2.05, 4.69) is 0 Å². The summed E-state index contributed by atoms with van der Waals surface area (Å²) < 4.78 is 123. The third-order valence-electron chi connectivity index (χ3n) is 2.88. The topological polar surface area (TPSA) is 86.3 Å². The Labute approximate surface area is 149 Å². The number of nitrogens with one attached hydrogen (secondary N) is 1. The Balaban J connectivity index is 3.56. The Kier molecular flexibility index (Phi) is 6.01. The van der Waals surface area contributed by atoms with E-state index in [1.54, 1.807) is 0 Å². The highest BCUT2D eigenvalue weighted by molar-refractivity contribution is 14.1. The first kappa shape index (κ1) is 21.9. The van der Waals surface area contributed by atoms with E-state index in [0.717, 1.165) is 12.1 Å². The summed E-state index contributed by atoms with van der Waals surface area (Å²) >= 11 is 1.28. The lowest BCUT2D eigenvalue weighted by molar-refractivity contribution is -0.296. The molecular formula is C11H6F7INO4S-. The van der Waals surface area contributed by atoms with Gasteiger partial charge in [-0.1, -0.05) is 6.07 Å². The molecule has 0 aliphatic rings. The number of hydrogen-bond acceptors (Lipinski definition) is 4. The van der Waals surface area contributed by atoms with Crippen molar-refractivity contribution in [3.8, 4) is 0 Å². The van der Waals surface area contributed by atoms with Crippen LogP contribution in [-0.4, -0.2) is 42.5 Å². The standard InChI is InChI=1S/C11H7F7INO4S/c12-5-2-1-3-6(19)7(5)8(21)20-9(10(13,14)15,11(16,17)18)4-25(22,23)24/h1-3H,4H2,(H,20,21)(H,22,23,24)/p-1. The summed E-state index contributed by atoms with van der Waals surface area (Å²) in [7, 11) is -6.10. The fourth-order valence-corrected chi connectivity index (χ4v) is 3.38. The molecule has 0 aliphatic heterocycles. The highest BCUT2D eigenvalue weighted by atomic mass is 127. The zero-order chi connectivity index (χ0) is 19.8. The molecule has 1 amide bonds. The number of halogens is 8. The van der Waals surface area contributed by atoms with Gasteiger partial charge in [-0.15, -0.1) is 0 Å². The van der Waals surface area contributed by atoms with Gasteiger partial charge in [0, 0.05) is 3.57 Å². The minimum absolute atomic E-state index is 0.335. The van der Waals surface area contributed by atoms with Crippen LogP contribution in [-0.2, 0) is 10.1 Å². The predicted molar refractivity (Wildman–Crippen MR) is 76.0 cm³/mol. The van der Waals surface area contributed by atoms with Gasteiger partial charge in [0.05, 0.1) is 21.4 Å². The maximum Gasteiger partial charge on any atom is 0.421 e. The van der Waals surface area contributed by atoms with Gasteiger partial charge in [-0.3, -0.25) is 4.79 Å². The second kappa shape index (κ2) is 6.86. The largest absolute Gasteiger partial charge is 0.748 e.